The van der Waals surface area contributed by atoms with Crippen LogP contribution in [-0.2, 0) is 0 Å². The first-order chi connectivity index (χ1) is 14.8. The van der Waals surface area contributed by atoms with Crippen LogP contribution in [0.4, 0.5) is 0 Å². The van der Waals surface area contributed by atoms with Crippen molar-refractivity contribution in [1.29, 1.82) is 0 Å². The summed E-state index contributed by atoms with van der Waals surface area (Å²) in [6.45, 7) is 0. The highest BCUT2D eigenvalue weighted by Crippen LogP contribution is 2.14. The first-order valence-electron chi connectivity index (χ1n) is 10.2. The molecule has 4 rings (SSSR count). The van der Waals surface area contributed by atoms with Gasteiger partial charge in [0, 0.05) is 0 Å². The maximum Gasteiger partial charge on any atom is -0.0256 e. The van der Waals surface area contributed by atoms with Crippen molar-refractivity contribution in [2.45, 2.75) is 0 Å². The Morgan fingerprint density at radius 1 is 0.233 bits per heavy atom. The summed E-state index contributed by atoms with van der Waals surface area (Å²) in [5.41, 5.74) is 7.21. The summed E-state index contributed by atoms with van der Waals surface area (Å²) in [4.78, 5) is 0. The molecular weight excluding hydrogens is 360 g/mol. The van der Waals surface area contributed by atoms with E-state index in [1.165, 1.54) is 33.4 Å². The summed E-state index contributed by atoms with van der Waals surface area (Å²) >= 11 is 0. The van der Waals surface area contributed by atoms with Crippen molar-refractivity contribution < 1.29 is 0 Å². The minimum absolute atomic E-state index is 1.19. The average molecular weight is 385 g/mol. The van der Waals surface area contributed by atoms with E-state index in [2.05, 4.69) is 134 Å². The molecule has 144 valence electrons. The molecule has 0 amide bonds. The van der Waals surface area contributed by atoms with E-state index in [0.29, 0.717) is 0 Å². The van der Waals surface area contributed by atoms with Gasteiger partial charge in [-0.25, -0.2) is 0 Å². The van der Waals surface area contributed by atoms with Crippen LogP contribution in [0.15, 0.2) is 109 Å². The Morgan fingerprint density at radius 3 is 0.667 bits per heavy atom. The molecule has 0 aromatic heterocycles. The monoisotopic (exact) mass is 384 g/mol. The highest BCUT2D eigenvalue weighted by Gasteiger charge is 1.92. The molecule has 0 saturated heterocycles. The van der Waals surface area contributed by atoms with Crippen molar-refractivity contribution in [3.8, 4) is 0 Å². The van der Waals surface area contributed by atoms with Gasteiger partial charge in [-0.1, -0.05) is 146 Å². The zero-order valence-corrected chi connectivity index (χ0v) is 16.9. The molecule has 0 bridgehead atoms. The Balaban J connectivity index is 1.36. The summed E-state index contributed by atoms with van der Waals surface area (Å²) in [6, 6.07) is 37.9. The van der Waals surface area contributed by atoms with Gasteiger partial charge in [-0.2, -0.15) is 0 Å². The van der Waals surface area contributed by atoms with Gasteiger partial charge < -0.3 is 0 Å². The summed E-state index contributed by atoms with van der Waals surface area (Å²) < 4.78 is 0. The minimum atomic E-state index is 1.19. The lowest BCUT2D eigenvalue weighted by molar-refractivity contribution is 1.60. The second-order valence-corrected chi connectivity index (χ2v) is 7.15. The fourth-order valence-corrected chi connectivity index (χ4v) is 3.14. The number of rotatable bonds is 6. The SMILES string of the molecule is C(=C/c1ccc(/C=C/c2ccc(/C=C/c3ccccc3)cc2)cc1)/c1ccccc1. The van der Waals surface area contributed by atoms with E-state index in [1.54, 1.807) is 0 Å². The maximum atomic E-state index is 2.15. The number of benzene rings is 4. The third-order valence-corrected chi connectivity index (χ3v) is 4.88. The van der Waals surface area contributed by atoms with Gasteiger partial charge in [0.15, 0.2) is 0 Å². The first-order valence-corrected chi connectivity index (χ1v) is 10.2. The van der Waals surface area contributed by atoms with E-state index in [0.717, 1.165) is 0 Å². The van der Waals surface area contributed by atoms with Crippen LogP contribution in [0.1, 0.15) is 33.4 Å². The molecule has 0 radical (unpaired) electrons. The van der Waals surface area contributed by atoms with Crippen LogP contribution in [0.2, 0.25) is 0 Å². The van der Waals surface area contributed by atoms with Crippen molar-refractivity contribution in [3.05, 3.63) is 143 Å². The fourth-order valence-electron chi connectivity index (χ4n) is 3.14. The van der Waals surface area contributed by atoms with E-state index in [4.69, 9.17) is 0 Å². The molecule has 0 saturated carbocycles. The van der Waals surface area contributed by atoms with E-state index < -0.39 is 0 Å². The number of hydrogen-bond acceptors (Lipinski definition) is 0. The first kappa shape index (κ1) is 19.4. The Labute approximate surface area is 179 Å². The molecule has 0 heterocycles. The largest absolute Gasteiger partial charge is 0.0622 e. The molecule has 30 heavy (non-hydrogen) atoms. The molecule has 4 aromatic carbocycles. The van der Waals surface area contributed by atoms with Gasteiger partial charge in [0.2, 0.25) is 0 Å². The fraction of sp³-hybridized carbons (Fsp3) is 0. The molecule has 0 nitrogen and oxygen atoms in total. The molecule has 0 unspecified atom stereocenters. The smallest absolute Gasteiger partial charge is 0.0256 e. The van der Waals surface area contributed by atoms with Crippen LogP contribution in [0.25, 0.3) is 36.5 Å². The Kier molecular flexibility index (Phi) is 6.50. The van der Waals surface area contributed by atoms with Gasteiger partial charge in [-0.3, -0.25) is 0 Å². The molecular formula is C30H24. The zero-order chi connectivity index (χ0) is 20.4. The van der Waals surface area contributed by atoms with Crippen molar-refractivity contribution in [3.63, 3.8) is 0 Å². The normalized spacial score (nSPS) is 11.6. The van der Waals surface area contributed by atoms with Crippen LogP contribution < -0.4 is 0 Å². The van der Waals surface area contributed by atoms with E-state index in [1.807, 2.05) is 12.1 Å². The highest BCUT2D eigenvalue weighted by atomic mass is 14.0. The number of hydrogen-bond donors (Lipinski definition) is 0. The Bertz CT molecular complexity index is 1030. The Hall–Kier alpha value is -3.90. The molecule has 0 N–H and O–H groups in total. The molecule has 0 aliphatic carbocycles. The summed E-state index contributed by atoms with van der Waals surface area (Å²) in [7, 11) is 0. The maximum absolute atomic E-state index is 2.15. The van der Waals surface area contributed by atoms with Gasteiger partial charge >= 0.3 is 0 Å². The van der Waals surface area contributed by atoms with Crippen molar-refractivity contribution >= 4 is 36.5 Å². The third kappa shape index (κ3) is 5.80. The van der Waals surface area contributed by atoms with Crippen LogP contribution in [0.3, 0.4) is 0 Å². The molecule has 4 aromatic rings. The van der Waals surface area contributed by atoms with Crippen LogP contribution in [0.5, 0.6) is 0 Å². The standard InChI is InChI=1S/C30H24/c1-3-7-25(8-4-1)11-13-27-15-19-29(20-16-27)23-24-30-21-17-28(18-22-30)14-12-26-9-5-2-6-10-26/h1-24H/b13-11-,14-12+,24-23+. The lowest BCUT2D eigenvalue weighted by atomic mass is 10.1. The zero-order valence-electron chi connectivity index (χ0n) is 16.9. The molecule has 0 atom stereocenters. The van der Waals surface area contributed by atoms with E-state index in [9.17, 15) is 0 Å². The molecule has 0 spiro atoms. The lowest BCUT2D eigenvalue weighted by Gasteiger charge is -1.99. The average Bonchev–Trinajstić information content (AvgIpc) is 2.83. The summed E-state index contributed by atoms with van der Waals surface area (Å²) in [5.74, 6) is 0. The predicted molar refractivity (Wildman–Crippen MR) is 133 cm³/mol. The second kappa shape index (κ2) is 10.0. The minimum Gasteiger partial charge on any atom is -0.0622 e. The highest BCUT2D eigenvalue weighted by molar-refractivity contribution is 5.74. The van der Waals surface area contributed by atoms with Crippen molar-refractivity contribution in [2.75, 3.05) is 0 Å². The molecule has 0 fully saturated rings. The Morgan fingerprint density at radius 2 is 0.433 bits per heavy atom. The quantitative estimate of drug-likeness (QED) is 0.294. The van der Waals surface area contributed by atoms with Crippen LogP contribution in [-0.4, -0.2) is 0 Å². The third-order valence-electron chi connectivity index (χ3n) is 4.88. The molecule has 0 heteroatoms. The van der Waals surface area contributed by atoms with Gasteiger partial charge in [0.25, 0.3) is 0 Å². The van der Waals surface area contributed by atoms with Gasteiger partial charge in [-0.15, -0.1) is 0 Å². The molecule has 0 aliphatic rings. The predicted octanol–water partition coefficient (Wildman–Crippen LogP) is 8.20. The van der Waals surface area contributed by atoms with Crippen LogP contribution >= 0.6 is 0 Å². The second-order valence-electron chi connectivity index (χ2n) is 7.15. The van der Waals surface area contributed by atoms with Crippen molar-refractivity contribution in [2.24, 2.45) is 0 Å². The van der Waals surface area contributed by atoms with E-state index >= 15 is 0 Å². The van der Waals surface area contributed by atoms with Crippen LogP contribution in [0, 0.1) is 0 Å². The molecule has 0 aliphatic heterocycles. The van der Waals surface area contributed by atoms with Gasteiger partial charge in [0.05, 0.1) is 0 Å². The lowest BCUT2D eigenvalue weighted by Crippen LogP contribution is -1.77. The topological polar surface area (TPSA) is 0 Å². The van der Waals surface area contributed by atoms with E-state index in [-0.39, 0.29) is 0 Å². The van der Waals surface area contributed by atoms with Gasteiger partial charge in [0.1, 0.15) is 0 Å². The van der Waals surface area contributed by atoms with Crippen molar-refractivity contribution in [1.82, 2.24) is 0 Å². The van der Waals surface area contributed by atoms with Gasteiger partial charge in [-0.05, 0) is 33.4 Å². The summed E-state index contributed by atoms with van der Waals surface area (Å²) in [5, 5.41) is 0. The summed E-state index contributed by atoms with van der Waals surface area (Å²) in [6.07, 6.45) is 12.9.